The number of carbonyl (C=O) groups excluding carboxylic acids is 2. The fourth-order valence-corrected chi connectivity index (χ4v) is 3.56. The average molecular weight is 411 g/mol. The highest BCUT2D eigenvalue weighted by Crippen LogP contribution is 2.22. The third-order valence-corrected chi connectivity index (χ3v) is 5.42. The highest BCUT2D eigenvalue weighted by molar-refractivity contribution is 5.97. The van der Waals surface area contributed by atoms with Crippen LogP contribution in [0, 0.1) is 0 Å². The normalized spacial score (nSPS) is 15.1. The summed E-state index contributed by atoms with van der Waals surface area (Å²) in [6, 6.07) is 15.1. The molecule has 0 aliphatic carbocycles. The van der Waals surface area contributed by atoms with Crippen LogP contribution in [0.15, 0.2) is 48.5 Å². The summed E-state index contributed by atoms with van der Waals surface area (Å²) in [6.45, 7) is 7.99. The zero-order chi connectivity index (χ0) is 21.7. The fourth-order valence-electron chi connectivity index (χ4n) is 3.56. The van der Waals surface area contributed by atoms with Crippen LogP contribution in [0.5, 0.6) is 11.5 Å². The van der Waals surface area contributed by atoms with Gasteiger partial charge in [0, 0.05) is 26.2 Å². The second kappa shape index (κ2) is 9.65. The predicted octanol–water partition coefficient (Wildman–Crippen LogP) is 3.57. The van der Waals surface area contributed by atoms with E-state index in [1.54, 1.807) is 36.0 Å². The number of methoxy groups -OCH3 is 1. The molecule has 1 unspecified atom stereocenters. The maximum atomic E-state index is 12.8. The van der Waals surface area contributed by atoms with Crippen molar-refractivity contribution in [3.8, 4) is 11.5 Å². The largest absolute Gasteiger partial charge is 0.496 e. The lowest BCUT2D eigenvalue weighted by molar-refractivity contribution is -0.139. The molecule has 6 heteroatoms. The van der Waals surface area contributed by atoms with E-state index in [1.807, 2.05) is 36.4 Å². The van der Waals surface area contributed by atoms with Crippen molar-refractivity contribution >= 4 is 11.8 Å². The average Bonchev–Trinajstić information content (AvgIpc) is 2.78. The first-order valence-electron chi connectivity index (χ1n) is 10.4. The van der Waals surface area contributed by atoms with Gasteiger partial charge < -0.3 is 19.3 Å². The van der Waals surface area contributed by atoms with Gasteiger partial charge in [0.2, 0.25) is 0 Å². The van der Waals surface area contributed by atoms with Crippen molar-refractivity contribution in [3.05, 3.63) is 59.7 Å². The van der Waals surface area contributed by atoms with Gasteiger partial charge in [0.1, 0.15) is 11.5 Å². The summed E-state index contributed by atoms with van der Waals surface area (Å²) in [6.07, 6.45) is -0.577. The molecule has 0 aromatic heterocycles. The van der Waals surface area contributed by atoms with Crippen LogP contribution in [-0.4, -0.2) is 61.0 Å². The maximum absolute atomic E-state index is 12.8. The number of rotatable bonds is 6. The molecule has 0 radical (unpaired) electrons. The van der Waals surface area contributed by atoms with Gasteiger partial charge in [0.15, 0.2) is 6.10 Å². The number of hydrogen-bond donors (Lipinski definition) is 0. The Morgan fingerprint density at radius 1 is 0.867 bits per heavy atom. The molecule has 1 heterocycles. The first kappa shape index (κ1) is 21.7. The summed E-state index contributed by atoms with van der Waals surface area (Å²) in [5.74, 6) is 1.56. The number of carbonyl (C=O) groups is 2. The summed E-state index contributed by atoms with van der Waals surface area (Å²) in [7, 11) is 1.56. The molecule has 30 heavy (non-hydrogen) atoms. The smallest absolute Gasteiger partial charge is 0.263 e. The van der Waals surface area contributed by atoms with E-state index in [-0.39, 0.29) is 11.8 Å². The third-order valence-electron chi connectivity index (χ3n) is 5.42. The molecule has 1 saturated heterocycles. The molecule has 6 nitrogen and oxygen atoms in total. The Labute approximate surface area is 178 Å². The van der Waals surface area contributed by atoms with Gasteiger partial charge in [0.05, 0.1) is 12.7 Å². The van der Waals surface area contributed by atoms with Crippen molar-refractivity contribution < 1.29 is 19.1 Å². The number of piperazine rings is 1. The van der Waals surface area contributed by atoms with E-state index < -0.39 is 6.10 Å². The van der Waals surface area contributed by atoms with Crippen LogP contribution in [0.25, 0.3) is 0 Å². The Morgan fingerprint density at radius 2 is 1.47 bits per heavy atom. The topological polar surface area (TPSA) is 59.1 Å². The molecule has 2 aromatic carbocycles. The molecule has 0 bridgehead atoms. The summed E-state index contributed by atoms with van der Waals surface area (Å²) in [5.41, 5.74) is 1.78. The molecular formula is C24H30N2O4. The van der Waals surface area contributed by atoms with E-state index in [0.29, 0.717) is 49.2 Å². The Balaban J connectivity index is 1.55. The standard InChI is InChI=1S/C24H30N2O4/c1-17(2)19-9-11-20(12-10-19)30-18(3)23(27)25-13-15-26(16-14-25)24(28)21-7-5-6-8-22(21)29-4/h5-12,17-18H,13-16H2,1-4H3. The molecule has 0 saturated carbocycles. The second-order valence-electron chi connectivity index (χ2n) is 7.80. The van der Waals surface area contributed by atoms with Crippen molar-refractivity contribution in [3.63, 3.8) is 0 Å². The van der Waals surface area contributed by atoms with Gasteiger partial charge in [-0.3, -0.25) is 9.59 Å². The van der Waals surface area contributed by atoms with E-state index in [4.69, 9.17) is 9.47 Å². The van der Waals surface area contributed by atoms with Crippen molar-refractivity contribution in [1.82, 2.24) is 9.80 Å². The van der Waals surface area contributed by atoms with E-state index in [2.05, 4.69) is 13.8 Å². The van der Waals surface area contributed by atoms with E-state index in [0.717, 1.165) is 0 Å². The molecule has 3 rings (SSSR count). The quantitative estimate of drug-likeness (QED) is 0.731. The molecule has 1 atom stereocenters. The van der Waals surface area contributed by atoms with E-state index in [9.17, 15) is 9.59 Å². The third kappa shape index (κ3) is 4.93. The first-order valence-corrected chi connectivity index (χ1v) is 10.4. The summed E-state index contributed by atoms with van der Waals surface area (Å²) in [5, 5.41) is 0. The van der Waals surface area contributed by atoms with Crippen LogP contribution in [0.1, 0.15) is 42.6 Å². The Morgan fingerprint density at radius 3 is 2.07 bits per heavy atom. The van der Waals surface area contributed by atoms with Crippen LogP contribution in [-0.2, 0) is 4.79 Å². The lowest BCUT2D eigenvalue weighted by Crippen LogP contribution is -2.53. The molecule has 0 spiro atoms. The summed E-state index contributed by atoms with van der Waals surface area (Å²) < 4.78 is 11.1. The zero-order valence-electron chi connectivity index (χ0n) is 18.1. The molecular weight excluding hydrogens is 380 g/mol. The maximum Gasteiger partial charge on any atom is 0.263 e. The zero-order valence-corrected chi connectivity index (χ0v) is 18.1. The molecule has 2 amide bonds. The minimum Gasteiger partial charge on any atom is -0.496 e. The molecule has 1 aliphatic heterocycles. The number of amides is 2. The van der Waals surface area contributed by atoms with Gasteiger partial charge in [-0.1, -0.05) is 38.1 Å². The van der Waals surface area contributed by atoms with Crippen molar-refractivity contribution in [2.75, 3.05) is 33.3 Å². The van der Waals surface area contributed by atoms with Crippen LogP contribution in [0.2, 0.25) is 0 Å². The first-order chi connectivity index (χ1) is 14.4. The van der Waals surface area contributed by atoms with Crippen molar-refractivity contribution in [2.24, 2.45) is 0 Å². The molecule has 2 aromatic rings. The van der Waals surface area contributed by atoms with Gasteiger partial charge in [-0.25, -0.2) is 0 Å². The highest BCUT2D eigenvalue weighted by atomic mass is 16.5. The summed E-state index contributed by atoms with van der Waals surface area (Å²) in [4.78, 5) is 29.2. The van der Waals surface area contributed by atoms with E-state index >= 15 is 0 Å². The van der Waals surface area contributed by atoms with Gasteiger partial charge in [-0.05, 0) is 42.7 Å². The highest BCUT2D eigenvalue weighted by Gasteiger charge is 2.29. The van der Waals surface area contributed by atoms with Gasteiger partial charge in [0.25, 0.3) is 11.8 Å². The molecule has 1 fully saturated rings. The number of benzene rings is 2. The predicted molar refractivity (Wildman–Crippen MR) is 116 cm³/mol. The second-order valence-corrected chi connectivity index (χ2v) is 7.80. The van der Waals surface area contributed by atoms with Crippen LogP contribution < -0.4 is 9.47 Å². The summed E-state index contributed by atoms with van der Waals surface area (Å²) >= 11 is 0. The molecule has 160 valence electrons. The Bertz CT molecular complexity index is 871. The minimum absolute atomic E-state index is 0.0627. The van der Waals surface area contributed by atoms with Crippen LogP contribution in [0.3, 0.4) is 0 Å². The van der Waals surface area contributed by atoms with E-state index in [1.165, 1.54) is 5.56 Å². The number of para-hydroxylation sites is 1. The monoisotopic (exact) mass is 410 g/mol. The number of ether oxygens (including phenoxy) is 2. The van der Waals surface area contributed by atoms with Crippen LogP contribution >= 0.6 is 0 Å². The number of nitrogens with zero attached hydrogens (tertiary/aromatic N) is 2. The lowest BCUT2D eigenvalue weighted by Gasteiger charge is -2.36. The van der Waals surface area contributed by atoms with Crippen molar-refractivity contribution in [1.29, 1.82) is 0 Å². The fraction of sp³-hybridized carbons (Fsp3) is 0.417. The Kier molecular flexibility index (Phi) is 6.98. The minimum atomic E-state index is -0.577. The van der Waals surface area contributed by atoms with Gasteiger partial charge >= 0.3 is 0 Å². The van der Waals surface area contributed by atoms with Gasteiger partial charge in [-0.15, -0.1) is 0 Å². The van der Waals surface area contributed by atoms with Crippen molar-refractivity contribution in [2.45, 2.75) is 32.8 Å². The van der Waals surface area contributed by atoms with Crippen LogP contribution in [0.4, 0.5) is 0 Å². The number of hydrogen-bond acceptors (Lipinski definition) is 4. The Hall–Kier alpha value is -3.02. The molecule has 0 N–H and O–H groups in total. The van der Waals surface area contributed by atoms with Gasteiger partial charge in [-0.2, -0.15) is 0 Å². The lowest BCUT2D eigenvalue weighted by atomic mass is 10.0. The molecule has 1 aliphatic rings. The SMILES string of the molecule is COc1ccccc1C(=O)N1CCN(C(=O)C(C)Oc2ccc(C(C)C)cc2)CC1.